The first-order chi connectivity index (χ1) is 16.0. The molecule has 0 radical (unpaired) electrons. The van der Waals surface area contributed by atoms with Crippen LogP contribution in [0.15, 0.2) is 77.7 Å². The molecule has 0 atom stereocenters. The number of halogens is 2. The summed E-state index contributed by atoms with van der Waals surface area (Å²) in [4.78, 5) is 30.1. The van der Waals surface area contributed by atoms with Crippen LogP contribution in [0.2, 0.25) is 10.0 Å². The Labute approximate surface area is 207 Å². The number of nitrogens with one attached hydrogen (secondary N) is 1. The fourth-order valence-corrected chi connectivity index (χ4v) is 4.62. The molecule has 170 valence electrons. The zero-order valence-electron chi connectivity index (χ0n) is 17.8. The Morgan fingerprint density at radius 1 is 0.848 bits per heavy atom. The number of anilines is 2. The first-order valence-corrected chi connectivity index (χ1v) is 12.3. The molecule has 3 aromatic carbocycles. The van der Waals surface area contributed by atoms with Crippen LogP contribution in [0.5, 0.6) is 0 Å². The van der Waals surface area contributed by atoms with E-state index in [2.05, 4.69) is 10.2 Å². The number of hydrogen-bond acceptors (Lipinski definition) is 4. The van der Waals surface area contributed by atoms with Crippen LogP contribution in [0.4, 0.5) is 11.4 Å². The maximum atomic E-state index is 12.7. The van der Waals surface area contributed by atoms with Crippen molar-refractivity contribution < 1.29 is 9.59 Å². The minimum atomic E-state index is -0.0594. The topological polar surface area (TPSA) is 52.7 Å². The average molecular weight is 500 g/mol. The first-order valence-electron chi connectivity index (χ1n) is 10.6. The summed E-state index contributed by atoms with van der Waals surface area (Å²) in [6.07, 6.45) is 0. The lowest BCUT2D eigenvalue weighted by molar-refractivity contribution is -0.113. The number of thioether (sulfide) groups is 1. The van der Waals surface area contributed by atoms with Gasteiger partial charge in [-0.3, -0.25) is 9.59 Å². The van der Waals surface area contributed by atoms with Gasteiger partial charge in [-0.05, 0) is 66.7 Å². The Morgan fingerprint density at radius 2 is 1.55 bits per heavy atom. The van der Waals surface area contributed by atoms with Crippen molar-refractivity contribution in [3.63, 3.8) is 0 Å². The standard InChI is InChI=1S/C25H23Cl2N3O2S/c26-19-4-10-23(11-5-19)33-17-24(31)28-21-6-8-22(9-7-21)29-12-14-30(15-13-29)25(32)18-2-1-3-20(27)16-18/h1-11,16H,12-15,17H2,(H,28,31). The average Bonchev–Trinajstić information content (AvgIpc) is 2.84. The highest BCUT2D eigenvalue weighted by Gasteiger charge is 2.22. The second-order valence-electron chi connectivity index (χ2n) is 7.63. The molecule has 3 aromatic rings. The number of amides is 2. The normalized spacial score (nSPS) is 13.6. The lowest BCUT2D eigenvalue weighted by atomic mass is 10.1. The fraction of sp³-hybridized carbons (Fsp3) is 0.200. The molecule has 1 fully saturated rings. The van der Waals surface area contributed by atoms with Gasteiger partial charge in [-0.25, -0.2) is 0 Å². The molecule has 8 heteroatoms. The second-order valence-corrected chi connectivity index (χ2v) is 9.55. The van der Waals surface area contributed by atoms with Gasteiger partial charge in [-0.1, -0.05) is 29.3 Å². The summed E-state index contributed by atoms with van der Waals surface area (Å²) < 4.78 is 0. The van der Waals surface area contributed by atoms with E-state index in [1.165, 1.54) is 11.8 Å². The first kappa shape index (κ1) is 23.5. The molecule has 0 unspecified atom stereocenters. The quantitative estimate of drug-likeness (QED) is 0.442. The van der Waals surface area contributed by atoms with Gasteiger partial charge in [0.2, 0.25) is 5.91 Å². The molecular formula is C25H23Cl2N3O2S. The van der Waals surface area contributed by atoms with Crippen molar-refractivity contribution in [2.24, 2.45) is 0 Å². The van der Waals surface area contributed by atoms with Gasteiger partial charge >= 0.3 is 0 Å². The molecule has 5 nitrogen and oxygen atoms in total. The summed E-state index contributed by atoms with van der Waals surface area (Å²) in [5.41, 5.74) is 2.44. The van der Waals surface area contributed by atoms with Gasteiger partial charge in [0.1, 0.15) is 0 Å². The number of hydrogen-bond donors (Lipinski definition) is 1. The van der Waals surface area contributed by atoms with Crippen LogP contribution in [-0.4, -0.2) is 48.6 Å². The van der Waals surface area contributed by atoms with E-state index in [4.69, 9.17) is 23.2 Å². The number of nitrogens with zero attached hydrogens (tertiary/aromatic N) is 2. The molecule has 1 saturated heterocycles. The zero-order valence-corrected chi connectivity index (χ0v) is 20.2. The summed E-state index contributed by atoms with van der Waals surface area (Å²) in [6, 6.07) is 22.3. The maximum absolute atomic E-state index is 12.7. The van der Waals surface area contributed by atoms with Crippen LogP contribution < -0.4 is 10.2 Å². The SMILES string of the molecule is O=C(CSc1ccc(Cl)cc1)Nc1ccc(N2CCN(C(=O)c3cccc(Cl)c3)CC2)cc1. The van der Waals surface area contributed by atoms with E-state index in [-0.39, 0.29) is 11.8 Å². The number of carbonyl (C=O) groups excluding carboxylic acids is 2. The van der Waals surface area contributed by atoms with Crippen LogP contribution in [-0.2, 0) is 4.79 Å². The van der Waals surface area contributed by atoms with E-state index in [0.29, 0.717) is 34.5 Å². The van der Waals surface area contributed by atoms with Gasteiger partial charge in [-0.15, -0.1) is 11.8 Å². The van der Waals surface area contributed by atoms with Gasteiger partial charge in [0.15, 0.2) is 0 Å². The molecule has 0 bridgehead atoms. The molecule has 0 aromatic heterocycles. The zero-order chi connectivity index (χ0) is 23.2. The van der Waals surface area contributed by atoms with Crippen LogP contribution in [0.25, 0.3) is 0 Å². The van der Waals surface area contributed by atoms with E-state index in [9.17, 15) is 9.59 Å². The monoisotopic (exact) mass is 499 g/mol. The Balaban J connectivity index is 1.26. The molecule has 0 saturated carbocycles. The van der Waals surface area contributed by atoms with E-state index in [1.807, 2.05) is 53.4 Å². The Morgan fingerprint density at radius 3 is 2.21 bits per heavy atom. The van der Waals surface area contributed by atoms with E-state index < -0.39 is 0 Å². The largest absolute Gasteiger partial charge is 0.368 e. The molecule has 4 rings (SSSR count). The van der Waals surface area contributed by atoms with Crippen LogP contribution in [0.3, 0.4) is 0 Å². The highest BCUT2D eigenvalue weighted by molar-refractivity contribution is 8.00. The summed E-state index contributed by atoms with van der Waals surface area (Å²) in [6.45, 7) is 2.78. The van der Waals surface area contributed by atoms with Gasteiger partial charge < -0.3 is 15.1 Å². The van der Waals surface area contributed by atoms with Gasteiger partial charge in [0.05, 0.1) is 5.75 Å². The number of piperazine rings is 1. The van der Waals surface area contributed by atoms with Crippen molar-refractivity contribution in [2.75, 3.05) is 42.1 Å². The summed E-state index contributed by atoms with van der Waals surface area (Å²) >= 11 is 13.4. The van der Waals surface area contributed by atoms with Crippen molar-refractivity contribution >= 4 is 58.2 Å². The van der Waals surface area contributed by atoms with Gasteiger partial charge in [0, 0.05) is 58.1 Å². The lowest BCUT2D eigenvalue weighted by Gasteiger charge is -2.36. The van der Waals surface area contributed by atoms with Crippen molar-refractivity contribution in [3.8, 4) is 0 Å². The van der Waals surface area contributed by atoms with Crippen molar-refractivity contribution in [3.05, 3.63) is 88.4 Å². The molecule has 1 aliphatic rings. The lowest BCUT2D eigenvalue weighted by Crippen LogP contribution is -2.48. The van der Waals surface area contributed by atoms with E-state index >= 15 is 0 Å². The Kier molecular flexibility index (Phi) is 7.81. The molecule has 33 heavy (non-hydrogen) atoms. The summed E-state index contributed by atoms with van der Waals surface area (Å²) in [5, 5.41) is 4.17. The molecule has 0 spiro atoms. The third-order valence-corrected chi connectivity index (χ3v) is 6.84. The van der Waals surface area contributed by atoms with E-state index in [1.54, 1.807) is 24.3 Å². The third kappa shape index (κ3) is 6.44. The molecular weight excluding hydrogens is 477 g/mol. The van der Waals surface area contributed by atoms with Gasteiger partial charge in [0.25, 0.3) is 5.91 Å². The van der Waals surface area contributed by atoms with Gasteiger partial charge in [-0.2, -0.15) is 0 Å². The van der Waals surface area contributed by atoms with Crippen LogP contribution in [0, 0.1) is 0 Å². The minimum absolute atomic E-state index is 0.00619. The number of carbonyl (C=O) groups is 2. The molecule has 1 aliphatic heterocycles. The van der Waals surface area contributed by atoms with Crippen molar-refractivity contribution in [2.45, 2.75) is 4.90 Å². The number of rotatable bonds is 6. The Bertz CT molecular complexity index is 1120. The predicted octanol–water partition coefficient (Wildman–Crippen LogP) is 5.69. The molecule has 0 aliphatic carbocycles. The molecule has 1 N–H and O–H groups in total. The highest BCUT2D eigenvalue weighted by atomic mass is 35.5. The third-order valence-electron chi connectivity index (χ3n) is 5.34. The second kappa shape index (κ2) is 11.0. The van der Waals surface area contributed by atoms with Crippen molar-refractivity contribution in [1.29, 1.82) is 0 Å². The minimum Gasteiger partial charge on any atom is -0.368 e. The summed E-state index contributed by atoms with van der Waals surface area (Å²) in [5.74, 6) is 0.272. The van der Waals surface area contributed by atoms with Crippen molar-refractivity contribution in [1.82, 2.24) is 4.90 Å². The molecule has 2 amide bonds. The predicted molar refractivity (Wildman–Crippen MR) is 137 cm³/mol. The fourth-order valence-electron chi connectivity index (χ4n) is 3.60. The summed E-state index contributed by atoms with van der Waals surface area (Å²) in [7, 11) is 0. The number of benzene rings is 3. The van der Waals surface area contributed by atoms with E-state index in [0.717, 1.165) is 29.4 Å². The molecule has 1 heterocycles. The maximum Gasteiger partial charge on any atom is 0.254 e. The van der Waals surface area contributed by atoms with Crippen LogP contribution in [0.1, 0.15) is 10.4 Å². The highest BCUT2D eigenvalue weighted by Crippen LogP contribution is 2.23. The van der Waals surface area contributed by atoms with Crippen LogP contribution >= 0.6 is 35.0 Å². The Hall–Kier alpha value is -2.67. The smallest absolute Gasteiger partial charge is 0.254 e.